The molecule has 1 atom stereocenters. The Morgan fingerprint density at radius 1 is 0.950 bits per heavy atom. The first kappa shape index (κ1) is 28.9. The Morgan fingerprint density at radius 3 is 2.30 bits per heavy atom. The Labute approximate surface area is 233 Å². The molecule has 0 aromatic heterocycles. The van der Waals surface area contributed by atoms with Crippen molar-refractivity contribution in [2.24, 2.45) is 0 Å². The normalized spacial score (nSPS) is 14.4. The van der Waals surface area contributed by atoms with Gasteiger partial charge in [0, 0.05) is 32.5 Å². The molecular weight excluding hydrogens is 533 g/mol. The number of rotatable bonds is 12. The minimum absolute atomic E-state index is 0.0419. The lowest BCUT2D eigenvalue weighted by Crippen LogP contribution is -2.50. The van der Waals surface area contributed by atoms with Gasteiger partial charge in [0.2, 0.25) is 11.8 Å². The van der Waals surface area contributed by atoms with Gasteiger partial charge < -0.3 is 10.2 Å². The quantitative estimate of drug-likeness (QED) is 0.359. The molecule has 0 radical (unpaired) electrons. The van der Waals surface area contributed by atoms with Gasteiger partial charge in [0.25, 0.3) is 15.9 Å². The van der Waals surface area contributed by atoms with Crippen molar-refractivity contribution in [2.45, 2.75) is 50.1 Å². The molecule has 3 aromatic carbocycles. The molecule has 0 spiro atoms. The van der Waals surface area contributed by atoms with E-state index >= 15 is 0 Å². The van der Waals surface area contributed by atoms with Crippen LogP contribution in [0.1, 0.15) is 47.7 Å². The van der Waals surface area contributed by atoms with Crippen LogP contribution in [0.2, 0.25) is 0 Å². The number of halogens is 1. The third kappa shape index (κ3) is 6.56. The molecule has 3 amide bonds. The summed E-state index contributed by atoms with van der Waals surface area (Å²) in [5.41, 5.74) is 1.62. The number of amides is 3. The Balaban J connectivity index is 1.55. The van der Waals surface area contributed by atoms with Gasteiger partial charge in [-0.3, -0.25) is 14.4 Å². The Morgan fingerprint density at radius 2 is 1.62 bits per heavy atom. The first-order valence-corrected chi connectivity index (χ1v) is 14.7. The summed E-state index contributed by atoms with van der Waals surface area (Å²) in [6.07, 6.45) is 0.962. The van der Waals surface area contributed by atoms with E-state index in [1.807, 2.05) is 37.3 Å². The van der Waals surface area contributed by atoms with E-state index in [1.54, 1.807) is 24.3 Å². The summed E-state index contributed by atoms with van der Waals surface area (Å²) in [5, 5.41) is 2.89. The smallest absolute Gasteiger partial charge is 0.269 e. The highest BCUT2D eigenvalue weighted by atomic mass is 32.2. The molecule has 0 saturated carbocycles. The highest BCUT2D eigenvalue weighted by Crippen LogP contribution is 2.30. The zero-order chi connectivity index (χ0) is 28.7. The lowest BCUT2D eigenvalue weighted by Gasteiger charge is -2.32. The molecule has 1 aliphatic rings. The average Bonchev–Trinajstić information content (AvgIpc) is 3.15. The van der Waals surface area contributed by atoms with Gasteiger partial charge in [-0.2, -0.15) is 0 Å². The molecule has 40 heavy (non-hydrogen) atoms. The van der Waals surface area contributed by atoms with E-state index in [-0.39, 0.29) is 54.6 Å². The fraction of sp³-hybridized carbons (Fsp3) is 0.300. The number of benzene rings is 3. The van der Waals surface area contributed by atoms with Gasteiger partial charge in [0.05, 0.1) is 5.56 Å². The van der Waals surface area contributed by atoms with Crippen LogP contribution in [0, 0.1) is 5.82 Å². The average molecular weight is 566 g/mol. The van der Waals surface area contributed by atoms with Gasteiger partial charge in [-0.15, -0.1) is 0 Å². The number of nitrogens with one attached hydrogen (secondary N) is 1. The van der Waals surface area contributed by atoms with E-state index in [0.29, 0.717) is 12.1 Å². The van der Waals surface area contributed by atoms with Crippen molar-refractivity contribution >= 4 is 27.7 Å². The monoisotopic (exact) mass is 565 g/mol. The molecule has 0 aliphatic carbocycles. The lowest BCUT2D eigenvalue weighted by molar-refractivity contribution is -0.141. The Bertz CT molecular complexity index is 1460. The molecule has 1 aliphatic heterocycles. The second-order valence-electron chi connectivity index (χ2n) is 9.63. The number of hydrogen-bond acceptors (Lipinski definition) is 5. The minimum atomic E-state index is -3.99. The van der Waals surface area contributed by atoms with Gasteiger partial charge in [0.15, 0.2) is 0 Å². The minimum Gasteiger partial charge on any atom is -0.354 e. The Kier molecular flexibility index (Phi) is 9.31. The predicted octanol–water partition coefficient (Wildman–Crippen LogP) is 3.92. The van der Waals surface area contributed by atoms with Crippen molar-refractivity contribution in [1.29, 1.82) is 0 Å². The first-order chi connectivity index (χ1) is 19.2. The summed E-state index contributed by atoms with van der Waals surface area (Å²) in [4.78, 5) is 41.2. The van der Waals surface area contributed by atoms with Crippen LogP contribution >= 0.6 is 0 Å². The summed E-state index contributed by atoms with van der Waals surface area (Å²) < 4.78 is 40.2. The predicted molar refractivity (Wildman–Crippen MR) is 148 cm³/mol. The van der Waals surface area contributed by atoms with Crippen LogP contribution in [0.25, 0.3) is 0 Å². The third-order valence-electron chi connectivity index (χ3n) is 6.75. The van der Waals surface area contributed by atoms with Crippen LogP contribution in [0.5, 0.6) is 0 Å². The number of nitrogens with zero attached hydrogens (tertiary/aromatic N) is 2. The highest BCUT2D eigenvalue weighted by Gasteiger charge is 2.40. The fourth-order valence-corrected chi connectivity index (χ4v) is 6.28. The third-order valence-corrected chi connectivity index (χ3v) is 8.59. The van der Waals surface area contributed by atoms with Crippen LogP contribution in [0.15, 0.2) is 83.8 Å². The van der Waals surface area contributed by atoms with Crippen LogP contribution in [0.3, 0.4) is 0 Å². The summed E-state index contributed by atoms with van der Waals surface area (Å²) in [6.45, 7) is 2.26. The molecule has 0 bridgehead atoms. The number of carbonyl (C=O) groups excluding carboxylic acids is 3. The molecule has 4 rings (SSSR count). The molecule has 0 unspecified atom stereocenters. The molecule has 1 heterocycles. The van der Waals surface area contributed by atoms with Crippen molar-refractivity contribution in [3.05, 3.63) is 101 Å². The van der Waals surface area contributed by atoms with Crippen LogP contribution in [-0.4, -0.2) is 54.5 Å². The molecule has 10 heteroatoms. The number of carbonyl (C=O) groups is 3. The maximum atomic E-state index is 13.7. The molecular formula is C30H32FN3O5S. The van der Waals surface area contributed by atoms with E-state index in [2.05, 4.69) is 5.32 Å². The first-order valence-electron chi connectivity index (χ1n) is 13.2. The summed E-state index contributed by atoms with van der Waals surface area (Å²) in [6, 6.07) is 20.2. The molecule has 8 nitrogen and oxygen atoms in total. The van der Waals surface area contributed by atoms with E-state index in [0.717, 1.165) is 16.3 Å². The second-order valence-corrected chi connectivity index (χ2v) is 11.5. The molecule has 3 aromatic rings. The number of hydrogen-bond donors (Lipinski definition) is 1. The van der Waals surface area contributed by atoms with Gasteiger partial charge in [-0.25, -0.2) is 17.1 Å². The van der Waals surface area contributed by atoms with Gasteiger partial charge >= 0.3 is 0 Å². The second kappa shape index (κ2) is 12.9. The number of fused-ring (bicyclic) bond motifs is 1. The van der Waals surface area contributed by atoms with E-state index in [1.165, 1.54) is 29.2 Å². The maximum Gasteiger partial charge on any atom is 0.269 e. The molecule has 210 valence electrons. The zero-order valence-electron chi connectivity index (χ0n) is 22.3. The van der Waals surface area contributed by atoms with Gasteiger partial charge in [-0.05, 0) is 48.2 Å². The van der Waals surface area contributed by atoms with Crippen molar-refractivity contribution in [3.63, 3.8) is 0 Å². The van der Waals surface area contributed by atoms with Gasteiger partial charge in [-0.1, -0.05) is 61.5 Å². The standard InChI is InChI=1S/C30H32FN3O5S/c1-2-18-32-29(36)26(20-22-9-4-3-5-10-22)33(21-23-14-16-24(31)17-15-23)28(35)13-8-19-34-30(37)25-11-6-7-12-27(25)40(34,38)39/h3-7,9-12,14-17,26H,2,8,13,18-21H2,1H3,(H,32,36)/t26-/m1/s1. The number of sulfonamides is 1. The molecule has 0 fully saturated rings. The van der Waals surface area contributed by atoms with E-state index in [4.69, 9.17) is 0 Å². The molecule has 0 saturated heterocycles. The van der Waals surface area contributed by atoms with Crippen LogP contribution in [-0.2, 0) is 32.6 Å². The maximum absolute atomic E-state index is 13.7. The van der Waals surface area contributed by atoms with Crippen LogP contribution in [0.4, 0.5) is 4.39 Å². The summed E-state index contributed by atoms with van der Waals surface area (Å²) in [5.74, 6) is -1.72. The van der Waals surface area contributed by atoms with Crippen molar-refractivity contribution < 1.29 is 27.2 Å². The van der Waals surface area contributed by atoms with Crippen LogP contribution < -0.4 is 5.32 Å². The fourth-order valence-electron chi connectivity index (χ4n) is 4.68. The van der Waals surface area contributed by atoms with Crippen molar-refractivity contribution in [2.75, 3.05) is 13.1 Å². The topological polar surface area (TPSA) is 104 Å². The lowest BCUT2D eigenvalue weighted by atomic mass is 10.0. The highest BCUT2D eigenvalue weighted by molar-refractivity contribution is 7.90. The SMILES string of the molecule is CCCNC(=O)[C@@H](Cc1ccccc1)N(Cc1ccc(F)cc1)C(=O)CCCN1C(=O)c2ccccc2S1(=O)=O. The summed E-state index contributed by atoms with van der Waals surface area (Å²) >= 11 is 0. The molecule has 1 N–H and O–H groups in total. The van der Waals surface area contributed by atoms with E-state index in [9.17, 15) is 27.2 Å². The van der Waals surface area contributed by atoms with E-state index < -0.39 is 27.8 Å². The summed E-state index contributed by atoms with van der Waals surface area (Å²) in [7, 11) is -3.99. The van der Waals surface area contributed by atoms with Gasteiger partial charge in [0.1, 0.15) is 16.8 Å². The Hall–Kier alpha value is -4.05. The van der Waals surface area contributed by atoms with Crippen molar-refractivity contribution in [3.8, 4) is 0 Å². The van der Waals surface area contributed by atoms with Crippen molar-refractivity contribution in [1.82, 2.24) is 14.5 Å². The largest absolute Gasteiger partial charge is 0.354 e. The zero-order valence-corrected chi connectivity index (χ0v) is 23.1.